The minimum absolute atomic E-state index is 0.0742. The van der Waals surface area contributed by atoms with Crippen LogP contribution in [0, 0.1) is 0 Å². The van der Waals surface area contributed by atoms with E-state index >= 15 is 0 Å². The molecule has 0 aromatic heterocycles. The van der Waals surface area contributed by atoms with Crippen molar-refractivity contribution in [3.05, 3.63) is 35.9 Å². The summed E-state index contributed by atoms with van der Waals surface area (Å²) in [7, 11) is 0. The molecule has 1 heterocycles. The molecule has 1 aliphatic heterocycles. The van der Waals surface area contributed by atoms with Gasteiger partial charge in [-0.25, -0.2) is 0 Å². The molecule has 0 spiro atoms. The lowest BCUT2D eigenvalue weighted by Gasteiger charge is -2.27. The zero-order chi connectivity index (χ0) is 11.4. The Hall–Kier alpha value is -1.22. The molecule has 3 heteroatoms. The van der Waals surface area contributed by atoms with Crippen LogP contribution < -0.4 is 0 Å². The zero-order valence-electron chi connectivity index (χ0n) is 9.63. The third kappa shape index (κ3) is 2.00. The van der Waals surface area contributed by atoms with Crippen LogP contribution in [-0.2, 0) is 5.60 Å². The number of hydrogen-bond donors (Lipinski definition) is 1. The fourth-order valence-corrected chi connectivity index (χ4v) is 2.15. The minimum atomic E-state index is -0.879. The molecule has 1 aliphatic rings. The van der Waals surface area contributed by atoms with Crippen LogP contribution in [0.5, 0.6) is 0 Å². The molecule has 0 saturated heterocycles. The molecule has 1 aromatic carbocycles. The van der Waals surface area contributed by atoms with Crippen LogP contribution in [0.3, 0.4) is 0 Å². The normalized spacial score (nSPS) is 28.5. The Bertz CT molecular complexity index is 363. The van der Waals surface area contributed by atoms with E-state index in [2.05, 4.69) is 17.2 Å². The molecule has 0 aliphatic carbocycles. The zero-order valence-corrected chi connectivity index (χ0v) is 9.63. The highest BCUT2D eigenvalue weighted by molar-refractivity contribution is 5.26. The summed E-state index contributed by atoms with van der Waals surface area (Å²) in [5, 5.41) is 18.9. The number of azo groups is 1. The fourth-order valence-electron chi connectivity index (χ4n) is 2.15. The van der Waals surface area contributed by atoms with Crippen LogP contribution in [0.15, 0.2) is 40.6 Å². The highest BCUT2D eigenvalue weighted by Crippen LogP contribution is 2.34. The van der Waals surface area contributed by atoms with Crippen LogP contribution in [0.2, 0.25) is 0 Å². The van der Waals surface area contributed by atoms with Crippen molar-refractivity contribution >= 4 is 0 Å². The maximum Gasteiger partial charge on any atom is 0.135 e. The molecule has 16 heavy (non-hydrogen) atoms. The first-order valence-electron chi connectivity index (χ1n) is 5.92. The van der Waals surface area contributed by atoms with Crippen molar-refractivity contribution in [1.82, 2.24) is 0 Å². The molecule has 86 valence electrons. The number of hydrogen-bond acceptors (Lipinski definition) is 3. The molecule has 2 rings (SSSR count). The number of aliphatic hydroxyl groups is 1. The second-order valence-electron chi connectivity index (χ2n) is 4.36. The van der Waals surface area contributed by atoms with Crippen LogP contribution in [0.25, 0.3) is 0 Å². The summed E-state index contributed by atoms with van der Waals surface area (Å²) in [5.74, 6) is 0. The van der Waals surface area contributed by atoms with Gasteiger partial charge in [-0.15, -0.1) is 0 Å². The lowest BCUT2D eigenvalue weighted by atomic mass is 9.85. The monoisotopic (exact) mass is 218 g/mol. The Kier molecular flexibility index (Phi) is 3.34. The first kappa shape index (κ1) is 11.3. The number of nitrogens with zero attached hydrogens (tertiary/aromatic N) is 2. The van der Waals surface area contributed by atoms with Gasteiger partial charge in [-0.3, -0.25) is 0 Å². The summed E-state index contributed by atoms with van der Waals surface area (Å²) in [5.41, 5.74) is 0.0530. The molecular weight excluding hydrogens is 200 g/mol. The smallest absolute Gasteiger partial charge is 0.135 e. The predicted molar refractivity (Wildman–Crippen MR) is 63.4 cm³/mol. The van der Waals surface area contributed by atoms with Gasteiger partial charge in [0, 0.05) is 0 Å². The molecule has 0 amide bonds. The quantitative estimate of drug-likeness (QED) is 0.829. The summed E-state index contributed by atoms with van der Waals surface area (Å²) >= 11 is 0. The average molecular weight is 218 g/mol. The van der Waals surface area contributed by atoms with E-state index in [0.717, 1.165) is 24.8 Å². The van der Waals surface area contributed by atoms with Crippen molar-refractivity contribution in [2.75, 3.05) is 6.54 Å². The van der Waals surface area contributed by atoms with Crippen molar-refractivity contribution in [2.24, 2.45) is 10.2 Å². The van der Waals surface area contributed by atoms with Gasteiger partial charge in [0.2, 0.25) is 0 Å². The predicted octanol–water partition coefficient (Wildman–Crippen LogP) is 2.90. The first-order valence-corrected chi connectivity index (χ1v) is 5.92. The van der Waals surface area contributed by atoms with Crippen molar-refractivity contribution in [1.29, 1.82) is 0 Å². The molecule has 2 unspecified atom stereocenters. The van der Waals surface area contributed by atoms with E-state index in [-0.39, 0.29) is 6.04 Å². The topological polar surface area (TPSA) is 45.0 Å². The average Bonchev–Trinajstić information content (AvgIpc) is 2.71. The second kappa shape index (κ2) is 4.74. The van der Waals surface area contributed by atoms with Gasteiger partial charge in [-0.1, -0.05) is 50.1 Å². The molecule has 2 atom stereocenters. The van der Waals surface area contributed by atoms with Crippen molar-refractivity contribution in [3.63, 3.8) is 0 Å². The molecule has 0 bridgehead atoms. The summed E-state index contributed by atoms with van der Waals surface area (Å²) in [6, 6.07) is 9.68. The van der Waals surface area contributed by atoms with E-state index in [0.29, 0.717) is 6.54 Å². The molecule has 1 N–H and O–H groups in total. The Morgan fingerprint density at radius 1 is 1.38 bits per heavy atom. The molecule has 1 aromatic rings. The maximum atomic E-state index is 10.7. The lowest BCUT2D eigenvalue weighted by molar-refractivity contribution is 0.0326. The van der Waals surface area contributed by atoms with Gasteiger partial charge in [0.15, 0.2) is 0 Å². The highest BCUT2D eigenvalue weighted by atomic mass is 16.3. The summed E-state index contributed by atoms with van der Waals surface area (Å²) < 4.78 is 0. The summed E-state index contributed by atoms with van der Waals surface area (Å²) in [4.78, 5) is 0. The van der Waals surface area contributed by atoms with E-state index in [1.54, 1.807) is 0 Å². The molecular formula is C13H18N2O. The van der Waals surface area contributed by atoms with Crippen LogP contribution in [0.1, 0.15) is 31.7 Å². The molecule has 0 fully saturated rings. The van der Waals surface area contributed by atoms with Crippen molar-refractivity contribution in [2.45, 2.75) is 37.8 Å². The third-order valence-corrected chi connectivity index (χ3v) is 3.19. The summed E-state index contributed by atoms with van der Waals surface area (Å²) in [6.45, 7) is 2.54. The standard InChI is InChI=1S/C13H18N2O/c1-2-3-9-12-13(16,10-14-15-12)11-7-5-4-6-8-11/h4-8,12,16H,2-3,9-10H2,1H3. The Labute approximate surface area is 96.2 Å². The second-order valence-corrected chi connectivity index (χ2v) is 4.36. The van der Waals surface area contributed by atoms with E-state index in [1.165, 1.54) is 0 Å². The largest absolute Gasteiger partial charge is 0.381 e. The van der Waals surface area contributed by atoms with Gasteiger partial charge >= 0.3 is 0 Å². The minimum Gasteiger partial charge on any atom is -0.381 e. The van der Waals surface area contributed by atoms with E-state index in [4.69, 9.17) is 0 Å². The van der Waals surface area contributed by atoms with Gasteiger partial charge in [0.25, 0.3) is 0 Å². The lowest BCUT2D eigenvalue weighted by Crippen LogP contribution is -2.37. The molecule has 0 saturated carbocycles. The van der Waals surface area contributed by atoms with E-state index < -0.39 is 5.60 Å². The highest BCUT2D eigenvalue weighted by Gasteiger charge is 2.41. The van der Waals surface area contributed by atoms with E-state index in [9.17, 15) is 5.11 Å². The first-order chi connectivity index (χ1) is 7.77. The summed E-state index contributed by atoms with van der Waals surface area (Å²) in [6.07, 6.45) is 3.11. The van der Waals surface area contributed by atoms with Gasteiger partial charge < -0.3 is 5.11 Å². The number of unbranched alkanes of at least 4 members (excludes halogenated alkanes) is 1. The SMILES string of the molecule is CCCCC1N=NCC1(O)c1ccccc1. The number of rotatable bonds is 4. The Morgan fingerprint density at radius 3 is 2.81 bits per heavy atom. The Balaban J connectivity index is 2.18. The van der Waals surface area contributed by atoms with Gasteiger partial charge in [-0.05, 0) is 12.0 Å². The maximum absolute atomic E-state index is 10.7. The molecule has 0 radical (unpaired) electrons. The third-order valence-electron chi connectivity index (χ3n) is 3.19. The van der Waals surface area contributed by atoms with E-state index in [1.807, 2.05) is 30.3 Å². The number of benzene rings is 1. The molecule has 3 nitrogen and oxygen atoms in total. The van der Waals surface area contributed by atoms with Crippen molar-refractivity contribution in [3.8, 4) is 0 Å². The fraction of sp³-hybridized carbons (Fsp3) is 0.538. The van der Waals surface area contributed by atoms with Crippen LogP contribution in [0.4, 0.5) is 0 Å². The van der Waals surface area contributed by atoms with Crippen LogP contribution >= 0.6 is 0 Å². The van der Waals surface area contributed by atoms with Gasteiger partial charge in [-0.2, -0.15) is 10.2 Å². The van der Waals surface area contributed by atoms with Gasteiger partial charge in [0.1, 0.15) is 11.6 Å². The Morgan fingerprint density at radius 2 is 2.12 bits per heavy atom. The van der Waals surface area contributed by atoms with Gasteiger partial charge in [0.05, 0.1) is 6.54 Å². The van der Waals surface area contributed by atoms with Crippen molar-refractivity contribution < 1.29 is 5.11 Å². The van der Waals surface area contributed by atoms with Crippen LogP contribution in [-0.4, -0.2) is 17.7 Å².